The first-order chi connectivity index (χ1) is 23.1. The highest BCUT2D eigenvalue weighted by molar-refractivity contribution is 5.69. The van der Waals surface area contributed by atoms with Gasteiger partial charge in [-0.1, -0.05) is 30.3 Å². The number of amides is 1. The van der Waals surface area contributed by atoms with Gasteiger partial charge in [0.25, 0.3) is 0 Å². The number of unbranched alkanes of at least 4 members (excludes halogenated alkanes) is 1. The molecule has 0 atom stereocenters. The summed E-state index contributed by atoms with van der Waals surface area (Å²) in [5.74, 6) is -1.22. The molecule has 0 fully saturated rings. The zero-order valence-electron chi connectivity index (χ0n) is 27.4. The van der Waals surface area contributed by atoms with E-state index in [0.717, 1.165) is 5.56 Å². The maximum absolute atomic E-state index is 11.6. The van der Waals surface area contributed by atoms with Crippen LogP contribution in [0.15, 0.2) is 30.3 Å². The molecule has 270 valence electrons. The van der Waals surface area contributed by atoms with Gasteiger partial charge in [0, 0.05) is 19.4 Å². The van der Waals surface area contributed by atoms with Crippen LogP contribution in [-0.2, 0) is 63.6 Å². The van der Waals surface area contributed by atoms with Gasteiger partial charge >= 0.3 is 18.0 Å². The zero-order valence-corrected chi connectivity index (χ0v) is 27.4. The number of benzene rings is 1. The van der Waals surface area contributed by atoms with E-state index in [1.165, 1.54) is 0 Å². The van der Waals surface area contributed by atoms with Crippen molar-refractivity contribution in [3.63, 3.8) is 0 Å². The van der Waals surface area contributed by atoms with Crippen LogP contribution >= 0.6 is 0 Å². The zero-order chi connectivity index (χ0) is 33.9. The standard InChI is InChI=1S/C32H53NO14/c34-30(35)8-4-5-9-31(36)46-27-26-45-25-24-44-23-22-43-21-20-42-19-18-41-17-16-40-15-14-39-13-12-38-11-10-33-32(37)47-28-29-6-2-1-3-7-29/h1-3,6-7H,4-5,8-28H2,(H,33,37)(H,34,35). The summed E-state index contributed by atoms with van der Waals surface area (Å²) in [5.41, 5.74) is 0.930. The van der Waals surface area contributed by atoms with Crippen LogP contribution in [0.1, 0.15) is 31.2 Å². The molecule has 1 aromatic rings. The summed E-state index contributed by atoms with van der Waals surface area (Å²) in [4.78, 5) is 33.5. The Balaban J connectivity index is 1.66. The molecule has 0 saturated heterocycles. The first-order valence-electron chi connectivity index (χ1n) is 16.0. The Hall–Kier alpha value is -2.89. The highest BCUT2D eigenvalue weighted by Crippen LogP contribution is 2.02. The molecular weight excluding hydrogens is 622 g/mol. The molecule has 0 aromatic heterocycles. The number of carboxylic acids is 1. The molecule has 47 heavy (non-hydrogen) atoms. The van der Waals surface area contributed by atoms with E-state index in [-0.39, 0.29) is 38.6 Å². The minimum Gasteiger partial charge on any atom is -0.481 e. The second-order valence-corrected chi connectivity index (χ2v) is 9.71. The normalized spacial score (nSPS) is 11.0. The van der Waals surface area contributed by atoms with Crippen molar-refractivity contribution in [2.45, 2.75) is 32.3 Å². The monoisotopic (exact) mass is 675 g/mol. The molecule has 1 rings (SSSR count). The van der Waals surface area contributed by atoms with Crippen molar-refractivity contribution in [2.24, 2.45) is 0 Å². The lowest BCUT2D eigenvalue weighted by Crippen LogP contribution is -2.28. The molecular formula is C32H53NO14. The molecule has 2 N–H and O–H groups in total. The van der Waals surface area contributed by atoms with Crippen molar-refractivity contribution >= 4 is 18.0 Å². The summed E-state index contributed by atoms with van der Waals surface area (Å²) in [6, 6.07) is 9.47. The predicted octanol–water partition coefficient (Wildman–Crippen LogP) is 2.23. The number of nitrogens with one attached hydrogen (secondary N) is 1. The molecule has 0 unspecified atom stereocenters. The van der Waals surface area contributed by atoms with Crippen LogP contribution in [0.4, 0.5) is 4.79 Å². The molecule has 1 aromatic carbocycles. The molecule has 1 amide bonds. The van der Waals surface area contributed by atoms with Gasteiger partial charge in [0.05, 0.1) is 106 Å². The third-order valence-corrected chi connectivity index (χ3v) is 5.84. The Kier molecular flexibility index (Phi) is 29.6. The number of hydrogen-bond donors (Lipinski definition) is 2. The van der Waals surface area contributed by atoms with Gasteiger partial charge in [-0.2, -0.15) is 0 Å². The van der Waals surface area contributed by atoms with E-state index >= 15 is 0 Å². The molecule has 0 bridgehead atoms. The average Bonchev–Trinajstić information content (AvgIpc) is 3.07. The van der Waals surface area contributed by atoms with Crippen LogP contribution in [0.25, 0.3) is 0 Å². The molecule has 0 spiro atoms. The van der Waals surface area contributed by atoms with E-state index in [1.54, 1.807) is 0 Å². The lowest BCUT2D eigenvalue weighted by Gasteiger charge is -2.09. The molecule has 0 saturated carbocycles. The smallest absolute Gasteiger partial charge is 0.407 e. The van der Waals surface area contributed by atoms with Crippen molar-refractivity contribution < 1.29 is 66.9 Å². The number of carbonyl (C=O) groups excluding carboxylic acids is 2. The van der Waals surface area contributed by atoms with Crippen LogP contribution < -0.4 is 5.32 Å². The molecule has 0 aliphatic rings. The number of carbonyl (C=O) groups is 3. The number of rotatable bonds is 34. The topological polar surface area (TPSA) is 176 Å². The second kappa shape index (κ2) is 33.0. The predicted molar refractivity (Wildman–Crippen MR) is 168 cm³/mol. The lowest BCUT2D eigenvalue weighted by molar-refractivity contribution is -0.146. The Labute approximate surface area is 277 Å². The van der Waals surface area contributed by atoms with Gasteiger partial charge in [0.15, 0.2) is 0 Å². The van der Waals surface area contributed by atoms with Crippen LogP contribution in [-0.4, -0.2) is 142 Å². The fraction of sp³-hybridized carbons (Fsp3) is 0.719. The van der Waals surface area contributed by atoms with Gasteiger partial charge < -0.3 is 57.8 Å². The van der Waals surface area contributed by atoms with Crippen molar-refractivity contribution in [3.05, 3.63) is 35.9 Å². The fourth-order valence-corrected chi connectivity index (χ4v) is 3.47. The molecule has 0 aliphatic carbocycles. The first kappa shape index (κ1) is 42.1. The number of hydrogen-bond acceptors (Lipinski definition) is 13. The number of esters is 1. The van der Waals surface area contributed by atoms with E-state index in [2.05, 4.69) is 5.32 Å². The summed E-state index contributed by atoms with van der Waals surface area (Å²) >= 11 is 0. The van der Waals surface area contributed by atoms with Crippen LogP contribution in [0.3, 0.4) is 0 Å². The van der Waals surface area contributed by atoms with Crippen molar-refractivity contribution in [2.75, 3.05) is 119 Å². The highest BCUT2D eigenvalue weighted by Gasteiger charge is 2.04. The van der Waals surface area contributed by atoms with Gasteiger partial charge in [0.1, 0.15) is 13.2 Å². The van der Waals surface area contributed by atoms with E-state index in [1.807, 2.05) is 30.3 Å². The fourth-order valence-electron chi connectivity index (χ4n) is 3.47. The minimum absolute atomic E-state index is 0.0566. The Bertz CT molecular complexity index is 877. The number of aliphatic carboxylic acids is 1. The van der Waals surface area contributed by atoms with Crippen LogP contribution in [0.2, 0.25) is 0 Å². The lowest BCUT2D eigenvalue weighted by atomic mass is 10.2. The molecule has 0 heterocycles. The quantitative estimate of drug-likeness (QED) is 0.0803. The SMILES string of the molecule is O=C(O)CCCCC(=O)OCCOCCOCCOCCOCCOCCOCCOCCOCCNC(=O)OCc1ccccc1. The van der Waals surface area contributed by atoms with E-state index in [0.29, 0.717) is 118 Å². The Morgan fingerprint density at radius 1 is 0.511 bits per heavy atom. The minimum atomic E-state index is -0.866. The largest absolute Gasteiger partial charge is 0.481 e. The summed E-state index contributed by atoms with van der Waals surface area (Å²) in [5, 5.41) is 11.2. The maximum atomic E-state index is 11.6. The van der Waals surface area contributed by atoms with Crippen molar-refractivity contribution in [1.82, 2.24) is 5.32 Å². The summed E-state index contributed by atoms with van der Waals surface area (Å²) in [6.07, 6.45) is 0.742. The van der Waals surface area contributed by atoms with Gasteiger partial charge in [-0.3, -0.25) is 9.59 Å². The Morgan fingerprint density at radius 3 is 1.36 bits per heavy atom. The van der Waals surface area contributed by atoms with E-state index in [9.17, 15) is 14.4 Å². The number of ether oxygens (including phenoxy) is 10. The first-order valence-corrected chi connectivity index (χ1v) is 16.0. The maximum Gasteiger partial charge on any atom is 0.407 e. The molecule has 0 aliphatic heterocycles. The average molecular weight is 676 g/mol. The third kappa shape index (κ3) is 31.5. The molecule has 0 radical (unpaired) electrons. The highest BCUT2D eigenvalue weighted by atomic mass is 16.6. The van der Waals surface area contributed by atoms with Crippen molar-refractivity contribution in [1.29, 1.82) is 0 Å². The van der Waals surface area contributed by atoms with E-state index in [4.69, 9.17) is 52.5 Å². The van der Waals surface area contributed by atoms with Crippen LogP contribution in [0.5, 0.6) is 0 Å². The third-order valence-electron chi connectivity index (χ3n) is 5.84. The molecule has 15 nitrogen and oxygen atoms in total. The van der Waals surface area contributed by atoms with E-state index < -0.39 is 12.1 Å². The summed E-state index contributed by atoms with van der Waals surface area (Å²) < 4.78 is 53.5. The van der Waals surface area contributed by atoms with Gasteiger partial charge in [-0.25, -0.2) is 4.79 Å². The van der Waals surface area contributed by atoms with Gasteiger partial charge in [-0.15, -0.1) is 0 Å². The summed E-state index contributed by atoms with van der Waals surface area (Å²) in [6.45, 7) is 7.59. The van der Waals surface area contributed by atoms with Crippen molar-refractivity contribution in [3.8, 4) is 0 Å². The second-order valence-electron chi connectivity index (χ2n) is 9.71. The van der Waals surface area contributed by atoms with Gasteiger partial charge in [-0.05, 0) is 18.4 Å². The molecule has 15 heteroatoms. The Morgan fingerprint density at radius 2 is 0.915 bits per heavy atom. The number of carboxylic acid groups (broad SMARTS) is 1. The number of alkyl carbamates (subject to hydrolysis) is 1. The summed E-state index contributed by atoms with van der Waals surface area (Å²) in [7, 11) is 0. The van der Waals surface area contributed by atoms with Crippen LogP contribution in [0, 0.1) is 0 Å². The van der Waals surface area contributed by atoms with Gasteiger partial charge in [0.2, 0.25) is 0 Å².